The van der Waals surface area contributed by atoms with Crippen LogP contribution in [-0.2, 0) is 9.53 Å². The van der Waals surface area contributed by atoms with E-state index in [0.29, 0.717) is 16.8 Å². The second kappa shape index (κ2) is 7.67. The molecule has 1 aromatic rings. The molecule has 7 heteroatoms. The Labute approximate surface area is 119 Å². The van der Waals surface area contributed by atoms with Gasteiger partial charge in [-0.2, -0.15) is 13.2 Å². The van der Waals surface area contributed by atoms with Gasteiger partial charge in [0, 0.05) is 11.3 Å². The Bertz CT molecular complexity index is 559. The number of nitrogens with one attached hydrogen (secondary N) is 1. The van der Waals surface area contributed by atoms with E-state index in [1.165, 1.54) is 0 Å². The molecule has 0 saturated heterocycles. The molecule has 1 rings (SSSR count). The summed E-state index contributed by atoms with van der Waals surface area (Å²) in [6.45, 7) is -0.676. The Kier molecular flexibility index (Phi) is 6.21. The molecule has 4 nitrogen and oxygen atoms in total. The van der Waals surface area contributed by atoms with Crippen molar-refractivity contribution in [1.29, 1.82) is 0 Å². The standard InChI is InChI=1S/C14H14F3NO3/c1-10-7-11(3-2-6-19)4-5-12(10)18-13(20)8-21-9-14(15,16)17/h4-5,7,19H,6,8-9H2,1H3,(H,18,20). The Morgan fingerprint density at radius 1 is 1.43 bits per heavy atom. The van der Waals surface area contributed by atoms with Gasteiger partial charge in [0.15, 0.2) is 0 Å². The average molecular weight is 301 g/mol. The largest absolute Gasteiger partial charge is 0.411 e. The molecule has 0 fully saturated rings. The molecule has 0 spiro atoms. The van der Waals surface area contributed by atoms with E-state index in [9.17, 15) is 18.0 Å². The topological polar surface area (TPSA) is 58.6 Å². The molecule has 0 heterocycles. The number of amides is 1. The van der Waals surface area contributed by atoms with Gasteiger partial charge in [0.05, 0.1) is 0 Å². The number of rotatable bonds is 4. The molecular weight excluding hydrogens is 287 g/mol. The number of halogens is 3. The molecule has 0 aliphatic carbocycles. The summed E-state index contributed by atoms with van der Waals surface area (Å²) >= 11 is 0. The number of aliphatic hydroxyl groups is 1. The molecule has 21 heavy (non-hydrogen) atoms. The number of aliphatic hydroxyl groups excluding tert-OH is 1. The predicted octanol–water partition coefficient (Wildman–Crippen LogP) is 1.86. The van der Waals surface area contributed by atoms with Crippen molar-refractivity contribution >= 4 is 11.6 Å². The van der Waals surface area contributed by atoms with Crippen LogP contribution in [0.25, 0.3) is 0 Å². The van der Waals surface area contributed by atoms with Gasteiger partial charge in [-0.05, 0) is 30.7 Å². The molecule has 0 radical (unpaired) electrons. The summed E-state index contributed by atoms with van der Waals surface area (Å²) in [6, 6.07) is 4.90. The summed E-state index contributed by atoms with van der Waals surface area (Å²) in [5.74, 6) is 4.52. The van der Waals surface area contributed by atoms with Crippen LogP contribution in [0.4, 0.5) is 18.9 Å². The summed E-state index contributed by atoms with van der Waals surface area (Å²) in [5.41, 5.74) is 1.82. The van der Waals surface area contributed by atoms with Crippen LogP contribution in [0, 0.1) is 18.8 Å². The van der Waals surface area contributed by atoms with Crippen LogP contribution in [0.15, 0.2) is 18.2 Å². The lowest BCUT2D eigenvalue weighted by Gasteiger charge is -2.10. The highest BCUT2D eigenvalue weighted by Gasteiger charge is 2.27. The highest BCUT2D eigenvalue weighted by molar-refractivity contribution is 5.92. The fourth-order valence-corrected chi connectivity index (χ4v) is 1.47. The lowest BCUT2D eigenvalue weighted by molar-refractivity contribution is -0.174. The predicted molar refractivity (Wildman–Crippen MR) is 70.6 cm³/mol. The second-order valence-corrected chi connectivity index (χ2v) is 4.15. The van der Waals surface area contributed by atoms with Gasteiger partial charge >= 0.3 is 6.18 Å². The summed E-state index contributed by atoms with van der Waals surface area (Å²) in [7, 11) is 0. The van der Waals surface area contributed by atoms with E-state index < -0.39 is 25.3 Å². The Morgan fingerprint density at radius 2 is 2.14 bits per heavy atom. The zero-order chi connectivity index (χ0) is 15.9. The van der Waals surface area contributed by atoms with Crippen LogP contribution in [-0.4, -0.2) is 37.0 Å². The van der Waals surface area contributed by atoms with Gasteiger partial charge in [0.25, 0.3) is 0 Å². The first-order valence-corrected chi connectivity index (χ1v) is 5.96. The normalized spacial score (nSPS) is 10.7. The quantitative estimate of drug-likeness (QED) is 0.835. The average Bonchev–Trinajstić information content (AvgIpc) is 2.37. The number of carbonyl (C=O) groups excluding carboxylic acids is 1. The van der Waals surface area contributed by atoms with Crippen molar-refractivity contribution in [2.75, 3.05) is 25.1 Å². The number of carbonyl (C=O) groups is 1. The molecule has 114 valence electrons. The van der Waals surface area contributed by atoms with E-state index in [1.807, 2.05) is 0 Å². The highest BCUT2D eigenvalue weighted by Crippen LogP contribution is 2.17. The third-order valence-corrected chi connectivity index (χ3v) is 2.31. The van der Waals surface area contributed by atoms with E-state index >= 15 is 0 Å². The van der Waals surface area contributed by atoms with E-state index in [1.54, 1.807) is 25.1 Å². The maximum atomic E-state index is 11.9. The number of hydrogen-bond acceptors (Lipinski definition) is 3. The lowest BCUT2D eigenvalue weighted by atomic mass is 10.1. The van der Waals surface area contributed by atoms with Crippen molar-refractivity contribution in [2.45, 2.75) is 13.1 Å². The molecule has 0 saturated carbocycles. The molecule has 0 atom stereocenters. The minimum Gasteiger partial charge on any atom is -0.384 e. The number of alkyl halides is 3. The van der Waals surface area contributed by atoms with Gasteiger partial charge in [-0.25, -0.2) is 0 Å². The van der Waals surface area contributed by atoms with Crippen molar-refractivity contribution in [2.24, 2.45) is 0 Å². The summed E-state index contributed by atoms with van der Waals surface area (Å²) in [6.07, 6.45) is -4.46. The fourth-order valence-electron chi connectivity index (χ4n) is 1.47. The zero-order valence-corrected chi connectivity index (χ0v) is 11.3. The second-order valence-electron chi connectivity index (χ2n) is 4.15. The number of aryl methyl sites for hydroxylation is 1. The van der Waals surface area contributed by atoms with Crippen LogP contribution < -0.4 is 5.32 Å². The zero-order valence-electron chi connectivity index (χ0n) is 11.3. The number of hydrogen-bond donors (Lipinski definition) is 2. The van der Waals surface area contributed by atoms with Gasteiger partial charge in [-0.15, -0.1) is 0 Å². The van der Waals surface area contributed by atoms with E-state index in [0.717, 1.165) is 0 Å². The van der Waals surface area contributed by atoms with Crippen LogP contribution in [0.5, 0.6) is 0 Å². The molecular formula is C14H14F3NO3. The maximum Gasteiger partial charge on any atom is 0.411 e. The van der Waals surface area contributed by atoms with E-state index in [-0.39, 0.29) is 6.61 Å². The summed E-state index contributed by atoms with van der Waals surface area (Å²) < 4.78 is 39.8. The van der Waals surface area contributed by atoms with Gasteiger partial charge in [-0.3, -0.25) is 4.79 Å². The van der Waals surface area contributed by atoms with Crippen LogP contribution >= 0.6 is 0 Å². The lowest BCUT2D eigenvalue weighted by Crippen LogP contribution is -2.24. The van der Waals surface area contributed by atoms with E-state index in [2.05, 4.69) is 21.9 Å². The van der Waals surface area contributed by atoms with Gasteiger partial charge < -0.3 is 15.2 Å². The Morgan fingerprint density at radius 3 is 2.71 bits per heavy atom. The number of ether oxygens (including phenoxy) is 1. The van der Waals surface area contributed by atoms with Crippen molar-refractivity contribution in [3.63, 3.8) is 0 Å². The number of benzene rings is 1. The van der Waals surface area contributed by atoms with Gasteiger partial charge in [0.1, 0.15) is 19.8 Å². The van der Waals surface area contributed by atoms with Crippen molar-refractivity contribution in [3.05, 3.63) is 29.3 Å². The first-order valence-electron chi connectivity index (χ1n) is 5.96. The SMILES string of the molecule is Cc1cc(C#CCO)ccc1NC(=O)COCC(F)(F)F. The smallest absolute Gasteiger partial charge is 0.384 e. The molecule has 1 amide bonds. The molecule has 0 aliphatic heterocycles. The van der Waals surface area contributed by atoms with Crippen LogP contribution in [0.3, 0.4) is 0 Å². The van der Waals surface area contributed by atoms with Crippen LogP contribution in [0.2, 0.25) is 0 Å². The molecule has 0 aliphatic rings. The van der Waals surface area contributed by atoms with Crippen molar-refractivity contribution < 1.29 is 27.8 Å². The van der Waals surface area contributed by atoms with Gasteiger partial charge in [0.2, 0.25) is 5.91 Å². The van der Waals surface area contributed by atoms with Crippen LogP contribution in [0.1, 0.15) is 11.1 Å². The van der Waals surface area contributed by atoms with Crippen molar-refractivity contribution in [3.8, 4) is 11.8 Å². The Balaban J connectivity index is 2.56. The third-order valence-electron chi connectivity index (χ3n) is 2.31. The fraction of sp³-hybridized carbons (Fsp3) is 0.357. The maximum absolute atomic E-state index is 11.9. The van der Waals surface area contributed by atoms with Crippen molar-refractivity contribution in [1.82, 2.24) is 0 Å². The molecule has 1 aromatic carbocycles. The molecule has 2 N–H and O–H groups in total. The number of anilines is 1. The minimum atomic E-state index is -4.46. The Hall–Kier alpha value is -2.04. The third kappa shape index (κ3) is 6.79. The van der Waals surface area contributed by atoms with E-state index in [4.69, 9.17) is 5.11 Å². The molecule has 0 aromatic heterocycles. The minimum absolute atomic E-state index is 0.256. The monoisotopic (exact) mass is 301 g/mol. The van der Waals surface area contributed by atoms with Gasteiger partial charge in [-0.1, -0.05) is 11.8 Å². The highest BCUT2D eigenvalue weighted by atomic mass is 19.4. The first-order chi connectivity index (χ1) is 9.81. The summed E-state index contributed by atoms with van der Waals surface area (Å²) in [5, 5.41) is 11.0. The molecule has 0 bridgehead atoms. The molecule has 0 unspecified atom stereocenters. The first kappa shape index (κ1) is 17.0. The summed E-state index contributed by atoms with van der Waals surface area (Å²) in [4.78, 5) is 11.4.